The highest BCUT2D eigenvalue weighted by Gasteiger charge is 2.21. The van der Waals surface area contributed by atoms with Crippen LogP contribution in [0.4, 0.5) is 0 Å². The Hall–Kier alpha value is -0.0500. The van der Waals surface area contributed by atoms with Crippen molar-refractivity contribution >= 4 is 7.82 Å². The van der Waals surface area contributed by atoms with Crippen molar-refractivity contribution in [1.82, 2.24) is 0 Å². The highest BCUT2D eigenvalue weighted by atomic mass is 31.2. The summed E-state index contributed by atoms with van der Waals surface area (Å²) in [6.07, 6.45) is 8.14. The van der Waals surface area contributed by atoms with Crippen molar-refractivity contribution in [2.45, 2.75) is 58.0 Å². The van der Waals surface area contributed by atoms with Crippen molar-refractivity contribution in [3.8, 4) is 0 Å². The number of hydrogen-bond donors (Lipinski definition) is 1. The van der Waals surface area contributed by atoms with Crippen LogP contribution in [0.1, 0.15) is 51.9 Å². The monoisotopic (exact) mass is 412 g/mol. The molecule has 1 aliphatic rings. The number of unbranched alkanes of at least 4 members (excludes halogenated alkanes) is 5. The smallest absolute Gasteiger partial charge is 0.377 e. The molecule has 0 radical (unpaired) electrons. The van der Waals surface area contributed by atoms with Crippen LogP contribution in [0, 0.1) is 0 Å². The maximum absolute atomic E-state index is 11.7. The minimum atomic E-state index is -4.07. The molecule has 27 heavy (non-hydrogen) atoms. The molecule has 1 saturated heterocycles. The first-order valence-corrected chi connectivity index (χ1v) is 11.6. The third-order valence-corrected chi connectivity index (χ3v) is 5.12. The number of phosphoric acid groups is 1. The molecule has 1 N–H and O–H groups in total. The van der Waals surface area contributed by atoms with Crippen LogP contribution in [0.25, 0.3) is 0 Å². The second-order valence-corrected chi connectivity index (χ2v) is 7.94. The Bertz CT molecular complexity index is 382. The lowest BCUT2D eigenvalue weighted by Crippen LogP contribution is -2.23. The van der Waals surface area contributed by atoms with Crippen molar-refractivity contribution in [2.75, 3.05) is 59.5 Å². The van der Waals surface area contributed by atoms with Crippen molar-refractivity contribution in [1.29, 1.82) is 0 Å². The summed E-state index contributed by atoms with van der Waals surface area (Å²) in [6.45, 7) is 4.90. The summed E-state index contributed by atoms with van der Waals surface area (Å²) in [5.41, 5.74) is 0. The molecule has 0 bridgehead atoms. The molecule has 1 aliphatic heterocycles. The molecule has 9 heteroatoms. The largest absolute Gasteiger partial charge is 0.472 e. The Balaban J connectivity index is 2.34. The first-order chi connectivity index (χ1) is 13.1. The van der Waals surface area contributed by atoms with Crippen LogP contribution in [-0.4, -0.2) is 70.5 Å². The van der Waals surface area contributed by atoms with E-state index in [1.165, 1.54) is 32.1 Å². The fourth-order valence-electron chi connectivity index (χ4n) is 2.64. The molecule has 1 rings (SSSR count). The van der Waals surface area contributed by atoms with Crippen LogP contribution in [0.2, 0.25) is 0 Å². The highest BCUT2D eigenvalue weighted by Crippen LogP contribution is 2.42. The van der Waals surface area contributed by atoms with Gasteiger partial charge in [0, 0.05) is 0 Å². The summed E-state index contributed by atoms with van der Waals surface area (Å²) in [6, 6.07) is 0. The standard InChI is InChI=1S/C18H37O8P/c1-2-3-4-5-6-7-8-18-17-23-12-11-21-9-10-22-13-15-25-27(19,20)26-16-14-24-18/h18H,2-17H2,1H3,(H,19,20). The summed E-state index contributed by atoms with van der Waals surface area (Å²) in [5, 5.41) is 0. The predicted molar refractivity (Wildman–Crippen MR) is 102 cm³/mol. The molecule has 0 aromatic rings. The summed E-state index contributed by atoms with van der Waals surface area (Å²) in [7, 11) is -4.07. The predicted octanol–water partition coefficient (Wildman–Crippen LogP) is 3.32. The zero-order valence-corrected chi connectivity index (χ0v) is 17.5. The summed E-state index contributed by atoms with van der Waals surface area (Å²) in [5.74, 6) is 0. The molecule has 2 unspecified atom stereocenters. The Morgan fingerprint density at radius 2 is 1.33 bits per heavy atom. The molecule has 2 atom stereocenters. The van der Waals surface area contributed by atoms with E-state index in [4.69, 9.17) is 28.0 Å². The fraction of sp³-hybridized carbons (Fsp3) is 1.00. The quantitative estimate of drug-likeness (QED) is 0.503. The van der Waals surface area contributed by atoms with Gasteiger partial charge in [0.1, 0.15) is 0 Å². The van der Waals surface area contributed by atoms with Gasteiger partial charge in [-0.1, -0.05) is 45.4 Å². The van der Waals surface area contributed by atoms with Crippen LogP contribution in [-0.2, 0) is 32.6 Å². The van der Waals surface area contributed by atoms with Gasteiger partial charge in [-0.25, -0.2) is 4.57 Å². The molecule has 0 saturated carbocycles. The third kappa shape index (κ3) is 15.5. The van der Waals surface area contributed by atoms with Gasteiger partial charge in [-0.2, -0.15) is 0 Å². The Labute approximate surface area is 163 Å². The first kappa shape index (κ1) is 25.0. The summed E-state index contributed by atoms with van der Waals surface area (Å²) < 4.78 is 43.6. The lowest BCUT2D eigenvalue weighted by molar-refractivity contribution is -0.0449. The number of rotatable bonds is 7. The van der Waals surface area contributed by atoms with E-state index in [0.717, 1.165) is 12.8 Å². The van der Waals surface area contributed by atoms with Crippen LogP contribution >= 0.6 is 7.82 Å². The number of phosphoric ester groups is 1. The van der Waals surface area contributed by atoms with Crippen LogP contribution < -0.4 is 0 Å². The van der Waals surface area contributed by atoms with Crippen molar-refractivity contribution in [3.63, 3.8) is 0 Å². The average Bonchev–Trinajstić information content (AvgIpc) is 2.64. The molecule has 1 fully saturated rings. The molecule has 162 valence electrons. The molecule has 0 aromatic heterocycles. The molecular formula is C18H37O8P. The van der Waals surface area contributed by atoms with Gasteiger partial charge < -0.3 is 23.8 Å². The van der Waals surface area contributed by atoms with Crippen LogP contribution in [0.15, 0.2) is 0 Å². The minimum absolute atomic E-state index is 0.00918. The lowest BCUT2D eigenvalue weighted by Gasteiger charge is -2.19. The second-order valence-electron chi connectivity index (χ2n) is 6.48. The van der Waals surface area contributed by atoms with Crippen molar-refractivity contribution in [2.24, 2.45) is 0 Å². The highest BCUT2D eigenvalue weighted by molar-refractivity contribution is 7.47. The van der Waals surface area contributed by atoms with Gasteiger partial charge in [0.15, 0.2) is 0 Å². The van der Waals surface area contributed by atoms with Gasteiger partial charge >= 0.3 is 7.82 Å². The zero-order valence-electron chi connectivity index (χ0n) is 16.6. The van der Waals surface area contributed by atoms with E-state index in [9.17, 15) is 9.46 Å². The van der Waals surface area contributed by atoms with E-state index in [1.807, 2.05) is 0 Å². The van der Waals surface area contributed by atoms with E-state index in [1.54, 1.807) is 0 Å². The van der Waals surface area contributed by atoms with Gasteiger partial charge in [0.2, 0.25) is 0 Å². The van der Waals surface area contributed by atoms with Crippen LogP contribution in [0.3, 0.4) is 0 Å². The minimum Gasteiger partial charge on any atom is -0.377 e. The molecule has 1 heterocycles. The molecule has 0 spiro atoms. The van der Waals surface area contributed by atoms with Gasteiger partial charge in [0.25, 0.3) is 0 Å². The Kier molecular flexibility index (Phi) is 15.6. The third-order valence-electron chi connectivity index (χ3n) is 4.10. The van der Waals surface area contributed by atoms with E-state index >= 15 is 0 Å². The SMILES string of the molecule is CCCCCCCCC1COCCOCCOCCOP(=O)(O)OCCO1. The maximum Gasteiger partial charge on any atom is 0.472 e. The molecule has 0 aliphatic carbocycles. The summed E-state index contributed by atoms with van der Waals surface area (Å²) >= 11 is 0. The van der Waals surface area contributed by atoms with E-state index in [-0.39, 0.29) is 32.5 Å². The summed E-state index contributed by atoms with van der Waals surface area (Å²) in [4.78, 5) is 9.59. The van der Waals surface area contributed by atoms with Crippen molar-refractivity contribution < 1.29 is 37.5 Å². The molecule has 8 nitrogen and oxygen atoms in total. The maximum atomic E-state index is 11.7. The molecular weight excluding hydrogens is 375 g/mol. The van der Waals surface area contributed by atoms with Gasteiger partial charge in [-0.05, 0) is 6.42 Å². The first-order valence-electron chi connectivity index (χ1n) is 10.1. The lowest BCUT2D eigenvalue weighted by atomic mass is 10.1. The van der Waals surface area contributed by atoms with Crippen LogP contribution in [0.5, 0.6) is 0 Å². The average molecular weight is 412 g/mol. The van der Waals surface area contributed by atoms with Gasteiger partial charge in [0.05, 0.1) is 65.6 Å². The zero-order chi connectivity index (χ0) is 19.6. The Morgan fingerprint density at radius 3 is 2.04 bits per heavy atom. The van der Waals surface area contributed by atoms with Gasteiger partial charge in [-0.15, -0.1) is 0 Å². The van der Waals surface area contributed by atoms with Gasteiger partial charge in [-0.3, -0.25) is 9.05 Å². The van der Waals surface area contributed by atoms with Crippen molar-refractivity contribution in [3.05, 3.63) is 0 Å². The van der Waals surface area contributed by atoms with E-state index in [0.29, 0.717) is 33.0 Å². The topological polar surface area (TPSA) is 92.7 Å². The second kappa shape index (κ2) is 16.9. The molecule has 0 amide bonds. The Morgan fingerprint density at radius 1 is 0.778 bits per heavy atom. The number of hydrogen-bond acceptors (Lipinski definition) is 7. The molecule has 0 aromatic carbocycles. The van der Waals surface area contributed by atoms with E-state index < -0.39 is 7.82 Å². The van der Waals surface area contributed by atoms with E-state index in [2.05, 4.69) is 6.92 Å². The normalized spacial score (nSPS) is 27.9. The fourth-order valence-corrected chi connectivity index (χ4v) is 3.32. The number of ether oxygens (including phenoxy) is 4.